The molecule has 0 bridgehead atoms. The fourth-order valence-electron chi connectivity index (χ4n) is 3.27. The molecule has 3 aromatic carbocycles. The molecule has 0 aromatic heterocycles. The average Bonchev–Trinajstić information content (AvgIpc) is 2.83. The number of esters is 1. The number of rotatable bonds is 10. The van der Waals surface area contributed by atoms with Crippen LogP contribution < -0.4 is 4.74 Å². The molecule has 0 aliphatic heterocycles. The van der Waals surface area contributed by atoms with Crippen molar-refractivity contribution in [3.8, 4) is 5.75 Å². The lowest BCUT2D eigenvalue weighted by Gasteiger charge is -2.26. The largest absolute Gasteiger partial charge is 0.449 e. The molecular weight excluding hydrogens is 440 g/mol. The van der Waals surface area contributed by atoms with Crippen molar-refractivity contribution in [3.05, 3.63) is 108 Å². The van der Waals surface area contributed by atoms with Gasteiger partial charge in [0.05, 0.1) is 0 Å². The van der Waals surface area contributed by atoms with Gasteiger partial charge in [-0.05, 0) is 41.8 Å². The van der Waals surface area contributed by atoms with E-state index >= 15 is 0 Å². The Labute approximate surface area is 197 Å². The number of benzene rings is 3. The third-order valence-electron chi connectivity index (χ3n) is 4.90. The monoisotopic (exact) mass is 465 g/mol. The van der Waals surface area contributed by atoms with Crippen LogP contribution in [0.15, 0.2) is 91.0 Å². The van der Waals surface area contributed by atoms with Gasteiger partial charge in [-0.3, -0.25) is 4.79 Å². The van der Waals surface area contributed by atoms with Crippen LogP contribution in [0.4, 0.5) is 8.78 Å². The Balaban J connectivity index is 1.62. The SMILES string of the molecule is C[C@H](OC(=O)/C=C/c1ccc(OC(F)F)cc1)C(=O)N(Cc1ccccc1)Cc1ccccc1. The number of nitrogens with zero attached hydrogens (tertiary/aromatic N) is 1. The van der Waals surface area contributed by atoms with E-state index < -0.39 is 18.7 Å². The number of carbonyl (C=O) groups is 2. The van der Waals surface area contributed by atoms with E-state index in [-0.39, 0.29) is 11.7 Å². The fraction of sp³-hybridized carbons (Fsp3) is 0.185. The first-order valence-corrected chi connectivity index (χ1v) is 10.7. The molecule has 3 rings (SSSR count). The summed E-state index contributed by atoms with van der Waals surface area (Å²) in [6.45, 7) is -0.620. The van der Waals surface area contributed by atoms with Crippen LogP contribution in [0.1, 0.15) is 23.6 Å². The summed E-state index contributed by atoms with van der Waals surface area (Å²) >= 11 is 0. The van der Waals surface area contributed by atoms with Gasteiger partial charge < -0.3 is 14.4 Å². The van der Waals surface area contributed by atoms with Crippen molar-refractivity contribution in [2.45, 2.75) is 32.7 Å². The molecule has 0 radical (unpaired) electrons. The van der Waals surface area contributed by atoms with Crippen molar-refractivity contribution >= 4 is 18.0 Å². The quantitative estimate of drug-likeness (QED) is 0.295. The standard InChI is InChI=1S/C27H25F2NO4/c1-20(33-25(31)17-14-21-12-15-24(16-13-21)34-27(28)29)26(32)30(18-22-8-4-2-5-9-22)19-23-10-6-3-7-11-23/h2-17,20,27H,18-19H2,1H3/b17-14+/t20-/m0/s1. The second-order valence-corrected chi connectivity index (χ2v) is 7.53. The summed E-state index contributed by atoms with van der Waals surface area (Å²) in [6.07, 6.45) is 1.66. The number of alkyl halides is 2. The molecule has 0 aliphatic carbocycles. The van der Waals surface area contributed by atoms with Crippen molar-refractivity contribution < 1.29 is 27.8 Å². The molecule has 34 heavy (non-hydrogen) atoms. The Kier molecular flexibility index (Phi) is 8.91. The zero-order valence-corrected chi connectivity index (χ0v) is 18.6. The van der Waals surface area contributed by atoms with Crippen molar-refractivity contribution in [1.82, 2.24) is 4.90 Å². The highest BCUT2D eigenvalue weighted by atomic mass is 19.3. The highest BCUT2D eigenvalue weighted by Gasteiger charge is 2.23. The van der Waals surface area contributed by atoms with Crippen LogP contribution in [0.3, 0.4) is 0 Å². The molecule has 0 spiro atoms. The number of ether oxygens (including phenoxy) is 2. The van der Waals surface area contributed by atoms with Gasteiger partial charge in [0.15, 0.2) is 6.10 Å². The molecule has 0 saturated carbocycles. The van der Waals surface area contributed by atoms with Gasteiger partial charge >= 0.3 is 12.6 Å². The first-order valence-electron chi connectivity index (χ1n) is 10.7. The highest BCUT2D eigenvalue weighted by molar-refractivity contribution is 5.90. The molecular formula is C27H25F2NO4. The number of hydrogen-bond donors (Lipinski definition) is 0. The number of hydrogen-bond acceptors (Lipinski definition) is 4. The Morgan fingerprint density at radius 2 is 1.38 bits per heavy atom. The Morgan fingerprint density at radius 1 is 0.853 bits per heavy atom. The molecule has 3 aromatic rings. The lowest BCUT2D eigenvalue weighted by molar-refractivity contribution is -0.156. The summed E-state index contributed by atoms with van der Waals surface area (Å²) in [4.78, 5) is 27.1. The fourth-order valence-corrected chi connectivity index (χ4v) is 3.27. The van der Waals surface area contributed by atoms with Gasteiger partial charge in [-0.25, -0.2) is 4.79 Å². The van der Waals surface area contributed by atoms with E-state index in [0.29, 0.717) is 18.7 Å². The van der Waals surface area contributed by atoms with E-state index in [1.165, 1.54) is 43.3 Å². The number of carbonyl (C=O) groups excluding carboxylic acids is 2. The summed E-state index contributed by atoms with van der Waals surface area (Å²) in [7, 11) is 0. The minimum Gasteiger partial charge on any atom is -0.449 e. The summed E-state index contributed by atoms with van der Waals surface area (Å²) in [5.41, 5.74) is 2.52. The maximum Gasteiger partial charge on any atom is 0.387 e. The maximum absolute atomic E-state index is 13.1. The predicted octanol–water partition coefficient (Wildman–Crippen LogP) is 5.46. The first kappa shape index (κ1) is 24.6. The van der Waals surface area contributed by atoms with Crippen molar-refractivity contribution in [1.29, 1.82) is 0 Å². The van der Waals surface area contributed by atoms with E-state index in [4.69, 9.17) is 4.74 Å². The van der Waals surface area contributed by atoms with Crippen LogP contribution in [0, 0.1) is 0 Å². The van der Waals surface area contributed by atoms with Gasteiger partial charge in [0, 0.05) is 19.2 Å². The molecule has 1 amide bonds. The second kappa shape index (κ2) is 12.3. The normalized spacial score (nSPS) is 11.9. The molecule has 0 aliphatic rings. The molecule has 5 nitrogen and oxygen atoms in total. The molecule has 0 saturated heterocycles. The summed E-state index contributed by atoms with van der Waals surface area (Å²) < 4.78 is 34.1. The van der Waals surface area contributed by atoms with Gasteiger partial charge in [0.2, 0.25) is 0 Å². The summed E-state index contributed by atoms with van der Waals surface area (Å²) in [5, 5.41) is 0. The maximum atomic E-state index is 13.1. The first-order chi connectivity index (χ1) is 16.4. The van der Waals surface area contributed by atoms with E-state index in [2.05, 4.69) is 4.74 Å². The third kappa shape index (κ3) is 7.85. The molecule has 0 heterocycles. The lowest BCUT2D eigenvalue weighted by Crippen LogP contribution is -2.39. The van der Waals surface area contributed by atoms with Crippen LogP contribution in [-0.2, 0) is 27.4 Å². The van der Waals surface area contributed by atoms with Crippen LogP contribution in [0.5, 0.6) is 5.75 Å². The smallest absolute Gasteiger partial charge is 0.387 e. The van der Waals surface area contributed by atoms with Crippen molar-refractivity contribution in [3.63, 3.8) is 0 Å². The Morgan fingerprint density at radius 3 is 1.88 bits per heavy atom. The van der Waals surface area contributed by atoms with E-state index in [1.807, 2.05) is 60.7 Å². The zero-order valence-electron chi connectivity index (χ0n) is 18.6. The molecule has 176 valence electrons. The molecule has 1 atom stereocenters. The summed E-state index contributed by atoms with van der Waals surface area (Å²) in [5.74, 6) is -0.984. The average molecular weight is 465 g/mol. The molecule has 0 N–H and O–H groups in total. The zero-order chi connectivity index (χ0) is 24.3. The third-order valence-corrected chi connectivity index (χ3v) is 4.90. The summed E-state index contributed by atoms with van der Waals surface area (Å²) in [6, 6.07) is 24.9. The van der Waals surface area contributed by atoms with Crippen LogP contribution in [-0.4, -0.2) is 29.5 Å². The van der Waals surface area contributed by atoms with E-state index in [1.54, 1.807) is 4.90 Å². The van der Waals surface area contributed by atoms with Crippen molar-refractivity contribution in [2.75, 3.05) is 0 Å². The Hall–Kier alpha value is -4.00. The van der Waals surface area contributed by atoms with E-state index in [9.17, 15) is 18.4 Å². The number of amides is 1. The van der Waals surface area contributed by atoms with Gasteiger partial charge in [-0.15, -0.1) is 0 Å². The van der Waals surface area contributed by atoms with Gasteiger partial charge in [-0.2, -0.15) is 8.78 Å². The predicted molar refractivity (Wildman–Crippen MR) is 125 cm³/mol. The minimum atomic E-state index is -2.90. The van der Waals surface area contributed by atoms with Crippen LogP contribution in [0.25, 0.3) is 6.08 Å². The molecule has 7 heteroatoms. The van der Waals surface area contributed by atoms with Gasteiger partial charge in [-0.1, -0.05) is 72.8 Å². The van der Waals surface area contributed by atoms with Crippen LogP contribution in [0.2, 0.25) is 0 Å². The van der Waals surface area contributed by atoms with Crippen molar-refractivity contribution in [2.24, 2.45) is 0 Å². The molecule has 0 fully saturated rings. The highest BCUT2D eigenvalue weighted by Crippen LogP contribution is 2.16. The van der Waals surface area contributed by atoms with Crippen LogP contribution >= 0.6 is 0 Å². The number of halogens is 2. The topological polar surface area (TPSA) is 55.8 Å². The molecule has 0 unspecified atom stereocenters. The Bertz CT molecular complexity index is 1050. The second-order valence-electron chi connectivity index (χ2n) is 7.53. The minimum absolute atomic E-state index is 0.0193. The van der Waals surface area contributed by atoms with Gasteiger partial charge in [0.1, 0.15) is 5.75 Å². The lowest BCUT2D eigenvalue weighted by atomic mass is 10.1. The van der Waals surface area contributed by atoms with Gasteiger partial charge in [0.25, 0.3) is 5.91 Å². The van der Waals surface area contributed by atoms with E-state index in [0.717, 1.165) is 11.1 Å².